The monoisotopic (exact) mass is 276 g/mol. The fourth-order valence-corrected chi connectivity index (χ4v) is 3.59. The molecule has 1 aliphatic rings. The second kappa shape index (κ2) is 4.56. The van der Waals surface area contributed by atoms with Crippen LogP contribution in [-0.2, 0) is 10.0 Å². The Bertz CT molecular complexity index is 534. The lowest BCUT2D eigenvalue weighted by molar-refractivity contribution is 0.444. The summed E-state index contributed by atoms with van der Waals surface area (Å²) in [5, 5.41) is 3.00. The molecule has 18 heavy (non-hydrogen) atoms. The molecule has 1 fully saturated rings. The van der Waals surface area contributed by atoms with Crippen LogP contribution in [0.4, 0.5) is 8.78 Å². The van der Waals surface area contributed by atoms with E-state index in [1.807, 2.05) is 0 Å². The van der Waals surface area contributed by atoms with E-state index in [0.717, 1.165) is 18.2 Å². The lowest BCUT2D eigenvalue weighted by Gasteiger charge is -2.24. The Hall–Kier alpha value is -1.05. The van der Waals surface area contributed by atoms with E-state index in [-0.39, 0.29) is 0 Å². The average molecular weight is 276 g/mol. The molecule has 7 heteroatoms. The molecule has 0 aliphatic carbocycles. The van der Waals surface area contributed by atoms with Gasteiger partial charge < -0.3 is 5.32 Å². The summed E-state index contributed by atoms with van der Waals surface area (Å²) < 4.78 is 53.3. The van der Waals surface area contributed by atoms with Crippen LogP contribution in [0.1, 0.15) is 13.3 Å². The van der Waals surface area contributed by atoms with Gasteiger partial charge in [0.2, 0.25) is 10.0 Å². The molecule has 1 saturated heterocycles. The van der Waals surface area contributed by atoms with Crippen LogP contribution in [0.3, 0.4) is 0 Å². The molecular formula is C11H14F2N2O2S. The van der Waals surface area contributed by atoms with E-state index < -0.39 is 32.1 Å². The number of halogens is 2. The summed E-state index contributed by atoms with van der Waals surface area (Å²) in [6.07, 6.45) is 0.572. The molecule has 0 radical (unpaired) electrons. The van der Waals surface area contributed by atoms with Gasteiger partial charge in [0, 0.05) is 12.1 Å². The highest BCUT2D eigenvalue weighted by atomic mass is 32.2. The van der Waals surface area contributed by atoms with Crippen LogP contribution < -0.4 is 10.0 Å². The summed E-state index contributed by atoms with van der Waals surface area (Å²) >= 11 is 0. The molecule has 1 aliphatic heterocycles. The Morgan fingerprint density at radius 1 is 1.33 bits per heavy atom. The lowest BCUT2D eigenvalue weighted by Crippen LogP contribution is -2.47. The lowest BCUT2D eigenvalue weighted by atomic mass is 10.0. The maximum atomic E-state index is 13.5. The summed E-state index contributed by atoms with van der Waals surface area (Å²) in [5.74, 6) is -2.17. The maximum absolute atomic E-state index is 13.5. The van der Waals surface area contributed by atoms with Crippen LogP contribution >= 0.6 is 0 Å². The zero-order valence-electron chi connectivity index (χ0n) is 9.83. The van der Waals surface area contributed by atoms with Gasteiger partial charge in [0.25, 0.3) is 0 Å². The molecule has 1 atom stereocenters. The highest BCUT2D eigenvalue weighted by molar-refractivity contribution is 7.89. The van der Waals surface area contributed by atoms with E-state index in [9.17, 15) is 17.2 Å². The van der Waals surface area contributed by atoms with Crippen LogP contribution in [0.5, 0.6) is 0 Å². The van der Waals surface area contributed by atoms with Crippen molar-refractivity contribution in [2.45, 2.75) is 23.8 Å². The third-order valence-corrected chi connectivity index (χ3v) is 4.63. The van der Waals surface area contributed by atoms with Gasteiger partial charge in [-0.05, 0) is 32.0 Å². The Morgan fingerprint density at radius 3 is 2.44 bits per heavy atom. The van der Waals surface area contributed by atoms with Gasteiger partial charge in [-0.1, -0.05) is 6.07 Å². The predicted octanol–water partition coefficient (Wildman–Crippen LogP) is 0.995. The van der Waals surface area contributed by atoms with Gasteiger partial charge in [0.05, 0.1) is 0 Å². The first-order valence-electron chi connectivity index (χ1n) is 5.53. The summed E-state index contributed by atoms with van der Waals surface area (Å²) in [6.45, 7) is 2.80. The van der Waals surface area contributed by atoms with Crippen molar-refractivity contribution in [3.63, 3.8) is 0 Å². The molecule has 1 heterocycles. The van der Waals surface area contributed by atoms with Crippen molar-refractivity contribution in [3.05, 3.63) is 29.8 Å². The van der Waals surface area contributed by atoms with Crippen LogP contribution in [0.25, 0.3) is 0 Å². The summed E-state index contributed by atoms with van der Waals surface area (Å²) in [5.41, 5.74) is -0.715. The van der Waals surface area contributed by atoms with Crippen molar-refractivity contribution in [3.8, 4) is 0 Å². The second-order valence-electron chi connectivity index (χ2n) is 4.64. The molecule has 2 rings (SSSR count). The van der Waals surface area contributed by atoms with Gasteiger partial charge >= 0.3 is 0 Å². The van der Waals surface area contributed by atoms with Gasteiger partial charge in [-0.3, -0.25) is 0 Å². The van der Waals surface area contributed by atoms with Gasteiger partial charge in [0.1, 0.15) is 11.6 Å². The van der Waals surface area contributed by atoms with Crippen molar-refractivity contribution < 1.29 is 17.2 Å². The molecule has 100 valence electrons. The van der Waals surface area contributed by atoms with Gasteiger partial charge in [-0.15, -0.1) is 0 Å². The van der Waals surface area contributed by atoms with E-state index in [1.54, 1.807) is 6.92 Å². The average Bonchev–Trinajstić information content (AvgIpc) is 2.62. The molecule has 0 amide bonds. The van der Waals surface area contributed by atoms with Crippen LogP contribution in [0.2, 0.25) is 0 Å². The molecule has 2 N–H and O–H groups in total. The third kappa shape index (κ3) is 2.52. The molecule has 0 aromatic heterocycles. The van der Waals surface area contributed by atoms with E-state index in [4.69, 9.17) is 0 Å². The number of nitrogens with one attached hydrogen (secondary N) is 2. The zero-order valence-corrected chi connectivity index (χ0v) is 10.7. The van der Waals surface area contributed by atoms with Crippen LogP contribution in [0, 0.1) is 11.6 Å². The first-order valence-corrected chi connectivity index (χ1v) is 7.01. The highest BCUT2D eigenvalue weighted by Gasteiger charge is 2.35. The van der Waals surface area contributed by atoms with Crippen molar-refractivity contribution >= 4 is 10.0 Å². The molecule has 0 spiro atoms. The molecule has 1 unspecified atom stereocenters. The molecule has 0 saturated carbocycles. The van der Waals surface area contributed by atoms with Gasteiger partial charge in [0.15, 0.2) is 4.90 Å². The largest absolute Gasteiger partial charge is 0.315 e. The summed E-state index contributed by atoms with van der Waals surface area (Å²) in [6, 6.07) is 2.97. The van der Waals surface area contributed by atoms with Crippen molar-refractivity contribution in [2.75, 3.05) is 13.1 Å². The van der Waals surface area contributed by atoms with Crippen LogP contribution in [0.15, 0.2) is 23.1 Å². The maximum Gasteiger partial charge on any atom is 0.246 e. The number of hydrogen-bond donors (Lipinski definition) is 2. The number of hydrogen-bond acceptors (Lipinski definition) is 3. The van der Waals surface area contributed by atoms with Gasteiger partial charge in [-0.25, -0.2) is 21.9 Å². The molecule has 4 nitrogen and oxygen atoms in total. The number of benzene rings is 1. The quantitative estimate of drug-likeness (QED) is 0.866. The smallest absolute Gasteiger partial charge is 0.246 e. The first-order chi connectivity index (χ1) is 8.34. The van der Waals surface area contributed by atoms with Crippen molar-refractivity contribution in [1.82, 2.24) is 10.0 Å². The van der Waals surface area contributed by atoms with Crippen LogP contribution in [-0.4, -0.2) is 27.0 Å². The summed E-state index contributed by atoms with van der Waals surface area (Å²) in [7, 11) is -4.20. The Labute approximate surface area is 104 Å². The molecule has 1 aromatic carbocycles. The Morgan fingerprint density at radius 2 is 1.94 bits per heavy atom. The van der Waals surface area contributed by atoms with Gasteiger partial charge in [-0.2, -0.15) is 0 Å². The van der Waals surface area contributed by atoms with Crippen molar-refractivity contribution in [1.29, 1.82) is 0 Å². The Kier molecular flexibility index (Phi) is 3.39. The third-order valence-electron chi connectivity index (χ3n) is 2.94. The zero-order chi connectivity index (χ0) is 13.4. The second-order valence-corrected chi connectivity index (χ2v) is 6.26. The fourth-order valence-electron chi connectivity index (χ4n) is 2.02. The van der Waals surface area contributed by atoms with E-state index in [1.165, 1.54) is 0 Å². The topological polar surface area (TPSA) is 58.2 Å². The summed E-state index contributed by atoms with van der Waals surface area (Å²) in [4.78, 5) is -0.918. The predicted molar refractivity (Wildman–Crippen MR) is 62.6 cm³/mol. The number of sulfonamides is 1. The minimum absolute atomic E-state index is 0.433. The SMILES string of the molecule is CC1(NS(=O)(=O)c2c(F)cccc2F)CCNC1. The van der Waals surface area contributed by atoms with Crippen molar-refractivity contribution in [2.24, 2.45) is 0 Å². The molecular weight excluding hydrogens is 262 g/mol. The Balaban J connectivity index is 2.37. The highest BCUT2D eigenvalue weighted by Crippen LogP contribution is 2.22. The normalized spacial score (nSPS) is 24.4. The first kappa shape index (κ1) is 13.4. The van der Waals surface area contributed by atoms with E-state index >= 15 is 0 Å². The van der Waals surface area contributed by atoms with E-state index in [2.05, 4.69) is 10.0 Å². The van der Waals surface area contributed by atoms with E-state index in [0.29, 0.717) is 19.5 Å². The minimum atomic E-state index is -4.20. The standard InChI is InChI=1S/C11H14F2N2O2S/c1-11(5-6-14-7-11)15-18(16,17)10-8(12)3-2-4-9(10)13/h2-4,14-15H,5-7H2,1H3. The molecule has 1 aromatic rings. The molecule has 0 bridgehead atoms. The fraction of sp³-hybridized carbons (Fsp3) is 0.455. The number of rotatable bonds is 3. The minimum Gasteiger partial charge on any atom is -0.315 e.